The minimum absolute atomic E-state index is 0.00652. The van der Waals surface area contributed by atoms with Crippen LogP contribution in [0.2, 0.25) is 0 Å². The number of carbonyl (C=O) groups is 2. The maximum absolute atomic E-state index is 11.8. The van der Waals surface area contributed by atoms with Gasteiger partial charge in [-0.2, -0.15) is 5.26 Å². The first-order valence-electron chi connectivity index (χ1n) is 7.99. The van der Waals surface area contributed by atoms with Gasteiger partial charge >= 0.3 is 6.03 Å². The molecule has 0 saturated carbocycles. The number of carbonyl (C=O) groups excluding carboxylic acids is 2. The fourth-order valence-electron chi connectivity index (χ4n) is 1.76. The monoisotopic (exact) mass is 348 g/mol. The van der Waals surface area contributed by atoms with Crippen LogP contribution in [-0.4, -0.2) is 30.8 Å². The van der Waals surface area contributed by atoms with Crippen molar-refractivity contribution in [3.63, 3.8) is 0 Å². The third kappa shape index (κ3) is 7.88. The van der Waals surface area contributed by atoms with Crippen LogP contribution in [0.25, 0.3) is 0 Å². The summed E-state index contributed by atoms with van der Waals surface area (Å²) in [6.07, 6.45) is 1.86. The number of urea groups is 1. The highest BCUT2D eigenvalue weighted by molar-refractivity contribution is 7.99. The van der Waals surface area contributed by atoms with E-state index in [1.165, 1.54) is 0 Å². The maximum atomic E-state index is 11.8. The lowest BCUT2D eigenvalue weighted by Gasteiger charge is -2.12. The van der Waals surface area contributed by atoms with Gasteiger partial charge in [0.1, 0.15) is 0 Å². The lowest BCUT2D eigenvalue weighted by Crippen LogP contribution is -2.42. The van der Waals surface area contributed by atoms with E-state index in [0.29, 0.717) is 12.3 Å². The second-order valence-electron chi connectivity index (χ2n) is 5.35. The number of thioether (sulfide) groups is 1. The molecule has 6 nitrogen and oxygen atoms in total. The van der Waals surface area contributed by atoms with E-state index in [1.807, 2.05) is 38.1 Å². The van der Waals surface area contributed by atoms with Gasteiger partial charge in [-0.15, -0.1) is 11.8 Å². The van der Waals surface area contributed by atoms with E-state index in [9.17, 15) is 9.59 Å². The second-order valence-corrected chi connectivity index (χ2v) is 6.41. The van der Waals surface area contributed by atoms with E-state index in [4.69, 9.17) is 5.26 Å². The first-order valence-corrected chi connectivity index (χ1v) is 8.98. The Morgan fingerprint density at radius 3 is 2.79 bits per heavy atom. The Labute approximate surface area is 147 Å². The third-order valence-electron chi connectivity index (χ3n) is 3.10. The average Bonchev–Trinajstić information content (AvgIpc) is 2.58. The maximum Gasteiger partial charge on any atom is 0.321 e. The van der Waals surface area contributed by atoms with E-state index < -0.39 is 11.9 Å². The molecule has 0 spiro atoms. The van der Waals surface area contributed by atoms with E-state index in [2.05, 4.69) is 22.0 Å². The van der Waals surface area contributed by atoms with Crippen molar-refractivity contribution in [3.8, 4) is 6.07 Å². The number of rotatable bonds is 9. The summed E-state index contributed by atoms with van der Waals surface area (Å²) in [6.45, 7) is 4.46. The number of nitrogens with one attached hydrogen (secondary N) is 3. The molecular weight excluding hydrogens is 324 g/mol. The van der Waals surface area contributed by atoms with Crippen LogP contribution in [0.4, 0.5) is 10.5 Å². The van der Waals surface area contributed by atoms with Crippen molar-refractivity contribution >= 4 is 29.4 Å². The molecule has 1 aromatic carbocycles. The molecule has 0 aliphatic heterocycles. The molecule has 0 aliphatic rings. The molecule has 7 heteroatoms. The molecule has 0 bridgehead atoms. The molecule has 0 aromatic heterocycles. The number of para-hydroxylation sites is 1. The second kappa shape index (κ2) is 11.4. The summed E-state index contributed by atoms with van der Waals surface area (Å²) in [5, 5.41) is 16.8. The summed E-state index contributed by atoms with van der Waals surface area (Å²) in [5.41, 5.74) is 0.814. The molecular formula is C17H24N4O2S. The molecule has 0 aliphatic carbocycles. The topological polar surface area (TPSA) is 94.0 Å². The highest BCUT2D eigenvalue weighted by Gasteiger charge is 2.09. The van der Waals surface area contributed by atoms with Crippen molar-refractivity contribution < 1.29 is 9.59 Å². The van der Waals surface area contributed by atoms with Gasteiger partial charge in [0.2, 0.25) is 5.91 Å². The van der Waals surface area contributed by atoms with Gasteiger partial charge in [-0.25, -0.2) is 4.79 Å². The highest BCUT2D eigenvalue weighted by atomic mass is 32.2. The van der Waals surface area contributed by atoms with E-state index in [-0.39, 0.29) is 12.5 Å². The molecule has 1 aromatic rings. The molecule has 3 N–H and O–H groups in total. The fraction of sp³-hybridized carbons (Fsp3) is 0.471. The summed E-state index contributed by atoms with van der Waals surface area (Å²) in [4.78, 5) is 24.3. The minimum Gasteiger partial charge on any atom is -0.375 e. The Balaban J connectivity index is 2.45. The van der Waals surface area contributed by atoms with Crippen molar-refractivity contribution in [3.05, 3.63) is 24.3 Å². The normalized spacial score (nSPS) is 11.2. The molecule has 130 valence electrons. The summed E-state index contributed by atoms with van der Waals surface area (Å²) >= 11 is 1.56. The quantitative estimate of drug-likeness (QED) is 0.471. The molecule has 0 heterocycles. The zero-order chi connectivity index (χ0) is 17.8. The summed E-state index contributed by atoms with van der Waals surface area (Å²) in [7, 11) is 0. The minimum atomic E-state index is -0.472. The predicted molar refractivity (Wildman–Crippen MR) is 96.9 cm³/mol. The number of hydrogen-bond acceptors (Lipinski definition) is 5. The van der Waals surface area contributed by atoms with Crippen molar-refractivity contribution in [1.29, 1.82) is 5.26 Å². The van der Waals surface area contributed by atoms with Gasteiger partial charge in [-0.3, -0.25) is 10.1 Å². The Bertz CT molecular complexity index is 586. The van der Waals surface area contributed by atoms with Crippen molar-refractivity contribution in [2.24, 2.45) is 5.92 Å². The van der Waals surface area contributed by atoms with E-state index in [0.717, 1.165) is 23.4 Å². The van der Waals surface area contributed by atoms with Crippen LogP contribution in [-0.2, 0) is 4.79 Å². The Morgan fingerprint density at radius 1 is 1.33 bits per heavy atom. The lowest BCUT2D eigenvalue weighted by molar-refractivity contribution is -0.118. The van der Waals surface area contributed by atoms with Gasteiger partial charge in [-0.05, 0) is 25.5 Å². The Morgan fingerprint density at radius 2 is 2.08 bits per heavy atom. The number of unbranched alkanes of at least 4 members (excludes halogenated alkanes) is 1. The highest BCUT2D eigenvalue weighted by Crippen LogP contribution is 2.28. The largest absolute Gasteiger partial charge is 0.375 e. The molecule has 0 saturated heterocycles. The first-order chi connectivity index (χ1) is 11.6. The van der Waals surface area contributed by atoms with E-state index >= 15 is 0 Å². The van der Waals surface area contributed by atoms with Crippen molar-refractivity contribution in [2.45, 2.75) is 31.6 Å². The molecule has 0 radical (unpaired) electrons. The average molecular weight is 348 g/mol. The van der Waals surface area contributed by atoms with Crippen molar-refractivity contribution in [2.75, 3.05) is 24.2 Å². The predicted octanol–water partition coefficient (Wildman–Crippen LogP) is 2.98. The van der Waals surface area contributed by atoms with Crippen LogP contribution in [0, 0.1) is 17.2 Å². The molecule has 3 amide bonds. The van der Waals surface area contributed by atoms with Gasteiger partial charge in [-0.1, -0.05) is 25.5 Å². The zero-order valence-electron chi connectivity index (χ0n) is 14.1. The number of nitriles is 1. The molecule has 0 fully saturated rings. The van der Waals surface area contributed by atoms with Crippen molar-refractivity contribution in [1.82, 2.24) is 10.6 Å². The van der Waals surface area contributed by atoms with Crippen LogP contribution in [0.3, 0.4) is 0 Å². The summed E-state index contributed by atoms with van der Waals surface area (Å²) in [5.74, 6) is 0.244. The number of amides is 3. The summed E-state index contributed by atoms with van der Waals surface area (Å²) < 4.78 is 0. The van der Waals surface area contributed by atoms with Crippen LogP contribution in [0.15, 0.2) is 29.2 Å². The van der Waals surface area contributed by atoms with Crippen LogP contribution in [0.1, 0.15) is 26.7 Å². The smallest absolute Gasteiger partial charge is 0.321 e. The molecule has 1 rings (SSSR count). The number of anilines is 1. The van der Waals surface area contributed by atoms with Crippen LogP contribution in [0.5, 0.6) is 0 Å². The SMILES string of the molecule is CCCCNC(=O)NC(=O)CNc1ccccc1SCC(C)C#N. The van der Waals surface area contributed by atoms with Gasteiger partial charge < -0.3 is 10.6 Å². The molecule has 1 atom stereocenters. The lowest BCUT2D eigenvalue weighted by atomic mass is 10.3. The Hall–Kier alpha value is -2.20. The zero-order valence-corrected chi connectivity index (χ0v) is 14.9. The van der Waals surface area contributed by atoms with Gasteiger partial charge in [0.05, 0.1) is 18.5 Å². The number of imide groups is 1. The standard InChI is InChI=1S/C17H24N4O2S/c1-3-4-9-19-17(23)21-16(22)11-20-14-7-5-6-8-15(14)24-12-13(2)10-18/h5-8,13,20H,3-4,9,11-12H2,1-2H3,(H2,19,21,22,23). The van der Waals surface area contributed by atoms with Gasteiger partial charge in [0, 0.05) is 22.9 Å². The Kier molecular flexibility index (Phi) is 9.39. The molecule has 24 heavy (non-hydrogen) atoms. The van der Waals surface area contributed by atoms with Gasteiger partial charge in [0.25, 0.3) is 0 Å². The number of nitrogens with zero attached hydrogens (tertiary/aromatic N) is 1. The third-order valence-corrected chi connectivity index (χ3v) is 4.44. The van der Waals surface area contributed by atoms with Gasteiger partial charge in [0.15, 0.2) is 0 Å². The number of hydrogen-bond donors (Lipinski definition) is 3. The summed E-state index contributed by atoms with van der Waals surface area (Å²) in [6, 6.07) is 9.31. The first kappa shape index (κ1) is 19.8. The van der Waals surface area contributed by atoms with E-state index in [1.54, 1.807) is 11.8 Å². The van der Waals surface area contributed by atoms with Crippen LogP contribution >= 0.6 is 11.8 Å². The molecule has 1 unspecified atom stereocenters. The van der Waals surface area contributed by atoms with Crippen LogP contribution < -0.4 is 16.0 Å². The number of benzene rings is 1. The fourth-order valence-corrected chi connectivity index (χ4v) is 2.73.